The van der Waals surface area contributed by atoms with Crippen LogP contribution in [0.15, 0.2) is 47.5 Å². The van der Waals surface area contributed by atoms with Crippen LogP contribution in [0.5, 0.6) is 5.88 Å². The average Bonchev–Trinajstić information content (AvgIpc) is 3.24. The van der Waals surface area contributed by atoms with Crippen LogP contribution in [0.4, 0.5) is 4.39 Å². The van der Waals surface area contributed by atoms with Crippen molar-refractivity contribution >= 4 is 26.9 Å². The number of hydrogen-bond donors (Lipinski definition) is 1. The fourth-order valence-electron chi connectivity index (χ4n) is 3.87. The molecule has 164 valence electrons. The third kappa shape index (κ3) is 3.74. The van der Waals surface area contributed by atoms with Crippen LogP contribution in [0, 0.1) is 0 Å². The van der Waals surface area contributed by atoms with Gasteiger partial charge < -0.3 is 9.84 Å². The number of aliphatic carboxylic acids is 1. The lowest BCUT2D eigenvalue weighted by Crippen LogP contribution is -2.33. The largest absolute Gasteiger partial charge is 0.481 e. The van der Waals surface area contributed by atoms with Crippen LogP contribution >= 0.6 is 0 Å². The quantitative estimate of drug-likeness (QED) is 0.614. The van der Waals surface area contributed by atoms with E-state index >= 15 is 4.39 Å². The fourth-order valence-corrected chi connectivity index (χ4v) is 5.35. The summed E-state index contributed by atoms with van der Waals surface area (Å²) in [5.41, 5.74) is -1.07. The Labute approximate surface area is 178 Å². The van der Waals surface area contributed by atoms with Crippen molar-refractivity contribution in [3.05, 3.63) is 48.3 Å². The summed E-state index contributed by atoms with van der Waals surface area (Å²) in [5, 5.41) is 14.2. The monoisotopic (exact) mass is 448 g/mol. The molecule has 2 atom stereocenters. The molecular weight excluding hydrogens is 427 g/mol. The van der Waals surface area contributed by atoms with Gasteiger partial charge in [0.25, 0.3) is 0 Å². The first kappa shape index (κ1) is 21.2. The number of para-hydroxylation sites is 1. The molecule has 4 rings (SSSR count). The third-order valence-electron chi connectivity index (χ3n) is 5.42. The van der Waals surface area contributed by atoms with Crippen molar-refractivity contribution in [2.24, 2.45) is 0 Å². The second-order valence-corrected chi connectivity index (χ2v) is 9.54. The van der Waals surface area contributed by atoms with Crippen LogP contribution in [0.1, 0.15) is 18.7 Å². The van der Waals surface area contributed by atoms with E-state index in [2.05, 4.69) is 10.1 Å². The molecule has 9 nitrogen and oxygen atoms in total. The highest BCUT2D eigenvalue weighted by atomic mass is 32.2. The molecule has 1 N–H and O–H groups in total. The van der Waals surface area contributed by atoms with Crippen LogP contribution in [0.25, 0.3) is 10.9 Å². The van der Waals surface area contributed by atoms with Crippen LogP contribution in [-0.2, 0) is 21.2 Å². The van der Waals surface area contributed by atoms with Gasteiger partial charge in [0, 0.05) is 18.0 Å². The van der Waals surface area contributed by atoms with Gasteiger partial charge in [-0.1, -0.05) is 18.2 Å². The van der Waals surface area contributed by atoms with E-state index < -0.39 is 27.7 Å². The van der Waals surface area contributed by atoms with E-state index in [1.54, 1.807) is 24.3 Å². The number of rotatable bonds is 6. The molecule has 0 amide bonds. The maximum atomic E-state index is 15.7. The number of methoxy groups -OCH3 is 1. The molecule has 3 heterocycles. The van der Waals surface area contributed by atoms with Crippen LogP contribution in [0.3, 0.4) is 0 Å². The summed E-state index contributed by atoms with van der Waals surface area (Å²) < 4.78 is 49.3. The lowest BCUT2D eigenvalue weighted by molar-refractivity contribution is -0.136. The number of carbonyl (C=O) groups is 1. The minimum absolute atomic E-state index is 0.0679. The Morgan fingerprint density at radius 1 is 1.32 bits per heavy atom. The van der Waals surface area contributed by atoms with Crippen molar-refractivity contribution in [3.8, 4) is 5.88 Å². The van der Waals surface area contributed by atoms with E-state index in [1.165, 1.54) is 37.0 Å². The van der Waals surface area contributed by atoms with Crippen molar-refractivity contribution in [2.45, 2.75) is 30.0 Å². The number of hydrogen-bond acceptors (Lipinski definition) is 6. The Kier molecular flexibility index (Phi) is 5.18. The Morgan fingerprint density at radius 2 is 2.06 bits per heavy atom. The maximum Gasteiger partial charge on any atom is 0.309 e. The van der Waals surface area contributed by atoms with Gasteiger partial charge in [0.15, 0.2) is 0 Å². The van der Waals surface area contributed by atoms with E-state index in [1.807, 2.05) is 0 Å². The Hall–Kier alpha value is -3.05. The molecule has 1 aliphatic rings. The normalized spacial score (nSPS) is 22.1. The first-order valence-corrected chi connectivity index (χ1v) is 10.9. The Bertz CT molecular complexity index is 1240. The zero-order valence-corrected chi connectivity index (χ0v) is 17.7. The molecule has 0 unspecified atom stereocenters. The van der Waals surface area contributed by atoms with Gasteiger partial charge in [-0.25, -0.2) is 17.8 Å². The number of sulfonamides is 1. The highest BCUT2D eigenvalue weighted by Gasteiger charge is 2.50. The van der Waals surface area contributed by atoms with Gasteiger partial charge in [0.05, 0.1) is 37.5 Å². The number of aromatic nitrogens is 3. The van der Waals surface area contributed by atoms with Gasteiger partial charge in [-0.05, 0) is 19.1 Å². The van der Waals surface area contributed by atoms with Crippen molar-refractivity contribution in [1.82, 2.24) is 19.1 Å². The Balaban J connectivity index is 1.72. The number of benzene rings is 1. The molecule has 0 bridgehead atoms. The van der Waals surface area contributed by atoms with E-state index in [9.17, 15) is 18.3 Å². The SMILES string of the molecule is COc1ccc(S(=O)(=O)N2C[C@H](n3nc(CC(=O)O)c4ccccc43)[C@@](C)(F)C2)cn1. The summed E-state index contributed by atoms with van der Waals surface area (Å²) in [6, 6.07) is 8.78. The fraction of sp³-hybridized carbons (Fsp3) is 0.350. The van der Waals surface area contributed by atoms with Gasteiger partial charge in [-0.2, -0.15) is 9.40 Å². The van der Waals surface area contributed by atoms with Crippen molar-refractivity contribution in [1.29, 1.82) is 0 Å². The molecule has 1 saturated heterocycles. The summed E-state index contributed by atoms with van der Waals surface area (Å²) in [6.45, 7) is 0.806. The van der Waals surface area contributed by atoms with E-state index in [-0.39, 0.29) is 30.3 Å². The van der Waals surface area contributed by atoms with Crippen LogP contribution in [0.2, 0.25) is 0 Å². The average molecular weight is 448 g/mol. The molecule has 0 aliphatic carbocycles. The van der Waals surface area contributed by atoms with E-state index in [0.717, 1.165) is 4.31 Å². The number of halogens is 1. The zero-order valence-electron chi connectivity index (χ0n) is 16.9. The van der Waals surface area contributed by atoms with Gasteiger partial charge in [-0.3, -0.25) is 9.48 Å². The first-order valence-electron chi connectivity index (χ1n) is 9.50. The highest BCUT2D eigenvalue weighted by Crippen LogP contribution is 2.39. The van der Waals surface area contributed by atoms with Crippen molar-refractivity contribution in [2.75, 3.05) is 20.2 Å². The molecule has 0 radical (unpaired) electrons. The van der Waals surface area contributed by atoms with E-state index in [4.69, 9.17) is 4.74 Å². The number of nitrogens with zero attached hydrogens (tertiary/aromatic N) is 4. The lowest BCUT2D eigenvalue weighted by Gasteiger charge is -2.22. The number of ether oxygens (including phenoxy) is 1. The molecule has 1 aromatic carbocycles. The molecule has 31 heavy (non-hydrogen) atoms. The summed E-state index contributed by atoms with van der Waals surface area (Å²) in [4.78, 5) is 15.1. The molecule has 1 fully saturated rings. The summed E-state index contributed by atoms with van der Waals surface area (Å²) in [6.07, 6.45) is 0.855. The Morgan fingerprint density at radius 3 is 2.71 bits per heavy atom. The summed E-state index contributed by atoms with van der Waals surface area (Å²) in [7, 11) is -2.58. The van der Waals surface area contributed by atoms with Crippen molar-refractivity contribution in [3.63, 3.8) is 0 Å². The van der Waals surface area contributed by atoms with Gasteiger partial charge in [-0.15, -0.1) is 0 Å². The molecule has 11 heteroatoms. The molecule has 1 aliphatic heterocycles. The standard InChI is InChI=1S/C20H21FN4O5S/c1-20(21)12-24(31(28,29)13-7-8-18(30-2)22-10-13)11-17(20)25-16-6-4-3-5-14(16)15(23-25)9-19(26)27/h3-8,10,17H,9,11-12H2,1-2H3,(H,26,27)/t17-,20-/m0/s1. The minimum atomic E-state index is -4.00. The van der Waals surface area contributed by atoms with Gasteiger partial charge in [0.2, 0.25) is 15.9 Å². The number of pyridine rings is 1. The van der Waals surface area contributed by atoms with Gasteiger partial charge >= 0.3 is 5.97 Å². The number of carboxylic acids is 1. The molecule has 0 spiro atoms. The lowest BCUT2D eigenvalue weighted by atomic mass is 10.0. The number of carboxylic acid groups (broad SMARTS) is 1. The molecular formula is C20H21FN4O5S. The molecule has 2 aromatic heterocycles. The first-order chi connectivity index (χ1) is 14.6. The van der Waals surface area contributed by atoms with Crippen LogP contribution in [-0.4, -0.2) is 64.4 Å². The second-order valence-electron chi connectivity index (χ2n) is 7.61. The third-order valence-corrected chi connectivity index (χ3v) is 7.21. The van der Waals surface area contributed by atoms with Gasteiger partial charge in [0.1, 0.15) is 16.6 Å². The number of fused-ring (bicyclic) bond motifs is 1. The smallest absolute Gasteiger partial charge is 0.309 e. The topological polar surface area (TPSA) is 115 Å². The predicted molar refractivity (Wildman–Crippen MR) is 109 cm³/mol. The maximum absolute atomic E-state index is 15.7. The molecule has 0 saturated carbocycles. The molecule has 3 aromatic rings. The summed E-state index contributed by atoms with van der Waals surface area (Å²) in [5.74, 6) is -0.788. The minimum Gasteiger partial charge on any atom is -0.481 e. The number of alkyl halides is 1. The van der Waals surface area contributed by atoms with E-state index in [0.29, 0.717) is 16.6 Å². The highest BCUT2D eigenvalue weighted by molar-refractivity contribution is 7.89. The zero-order chi connectivity index (χ0) is 22.4. The second kappa shape index (κ2) is 7.57. The van der Waals surface area contributed by atoms with Crippen LogP contribution < -0.4 is 4.74 Å². The summed E-state index contributed by atoms with van der Waals surface area (Å²) >= 11 is 0. The predicted octanol–water partition coefficient (Wildman–Crippen LogP) is 2.04. The van der Waals surface area contributed by atoms with Crippen molar-refractivity contribution < 1.29 is 27.4 Å².